The molecule has 0 bridgehead atoms. The summed E-state index contributed by atoms with van der Waals surface area (Å²) in [5.41, 5.74) is 3.93. The van der Waals surface area contributed by atoms with E-state index in [1.165, 1.54) is 60.8 Å². The Bertz CT molecular complexity index is 3760. The Morgan fingerprint density at radius 3 is 1.30 bits per heavy atom. The van der Waals surface area contributed by atoms with Gasteiger partial charge in [-0.2, -0.15) is 0 Å². The first-order chi connectivity index (χ1) is 30.1. The molecule has 1 aromatic carbocycles. The van der Waals surface area contributed by atoms with Crippen molar-refractivity contribution in [3.63, 3.8) is 0 Å². The molecule has 7 aromatic rings. The molecule has 0 aliphatic heterocycles. The zero-order chi connectivity index (χ0) is 44.6. The molecule has 6 heterocycles. The Labute approximate surface area is 402 Å². The number of hydrogen-bond donors (Lipinski definition) is 0. The van der Waals surface area contributed by atoms with E-state index >= 15 is 4.79 Å². The van der Waals surface area contributed by atoms with E-state index in [2.05, 4.69) is 188 Å². The van der Waals surface area contributed by atoms with Crippen molar-refractivity contribution in [3.05, 3.63) is 89.6 Å². The molecule has 1 aliphatic rings. The van der Waals surface area contributed by atoms with Crippen molar-refractivity contribution in [2.75, 3.05) is 0 Å². The molecule has 9 heteroatoms. The van der Waals surface area contributed by atoms with Gasteiger partial charge >= 0.3 is 371 Å². The molecule has 0 saturated carbocycles. The number of carbonyl (C=O) groups is 1. The van der Waals surface area contributed by atoms with Gasteiger partial charge in [0.2, 0.25) is 0 Å². The Balaban J connectivity index is 1.36. The van der Waals surface area contributed by atoms with Crippen LogP contribution < -0.4 is 16.2 Å². The van der Waals surface area contributed by atoms with Crippen LogP contribution >= 0.6 is 68.0 Å². The second-order valence-electron chi connectivity index (χ2n) is 16.7. The summed E-state index contributed by atoms with van der Waals surface area (Å²) in [5.74, 6) is 40.3. The van der Waals surface area contributed by atoms with E-state index < -0.39 is 36.8 Å². The molecule has 1 aliphatic carbocycles. The number of rotatable bonds is 6. The van der Waals surface area contributed by atoms with Crippen LogP contribution in [-0.4, -0.2) is 42.5 Å². The number of fused-ring (bicyclic) bond motifs is 6. The summed E-state index contributed by atoms with van der Waals surface area (Å²) in [6, 6.07) is 18.1. The first kappa shape index (κ1) is 45.0. The van der Waals surface area contributed by atoms with E-state index in [9.17, 15) is 0 Å². The molecular weight excluding hydrogens is 1090 g/mol. The fourth-order valence-corrected chi connectivity index (χ4v) is 27.7. The summed E-state index contributed by atoms with van der Waals surface area (Å²) >= 11 is 5.60. The molecule has 302 valence electrons. The summed E-state index contributed by atoms with van der Waals surface area (Å²) in [4.78, 5) is 40.0. The molecule has 0 saturated heterocycles. The number of benzene rings is 1. The van der Waals surface area contributed by atoms with Crippen molar-refractivity contribution in [2.45, 2.75) is 50.4 Å². The summed E-state index contributed by atoms with van der Waals surface area (Å²) < 4.78 is 5.19. The van der Waals surface area contributed by atoms with E-state index in [0.29, 0.717) is 0 Å². The van der Waals surface area contributed by atoms with Crippen LogP contribution in [0.5, 0.6) is 0 Å². The monoisotopic (exact) mass is 1130 g/mol. The molecule has 0 amide bonds. The normalized spacial score (nSPS) is 11.6. The van der Waals surface area contributed by atoms with Gasteiger partial charge in [-0.15, -0.1) is 6.42 Å². The van der Waals surface area contributed by atoms with Crippen LogP contribution in [0.4, 0.5) is 0 Å². The maximum atomic E-state index is 15.7. The molecule has 0 radical (unpaired) electrons. The third-order valence-corrected chi connectivity index (χ3v) is 36.3. The number of Topliss-reactive ketones (excluding diaryl/α,β-unsaturated/α-hetero) is 1. The predicted molar refractivity (Wildman–Crippen MR) is 284 cm³/mol. The van der Waals surface area contributed by atoms with Gasteiger partial charge in [-0.1, -0.05) is 0 Å². The van der Waals surface area contributed by atoms with Gasteiger partial charge in [-0.25, -0.2) is 0 Å². The second kappa shape index (κ2) is 18.5. The second-order valence-corrected chi connectivity index (χ2v) is 54.1. The number of ketones is 1. The summed E-state index contributed by atoms with van der Waals surface area (Å²) in [5, 5.41) is 4.61. The van der Waals surface area contributed by atoms with Crippen LogP contribution in [0, 0.1) is 116 Å². The number of aryl methyl sites for hydroxylation is 3. The average molecular weight is 1130 g/mol. The zero-order valence-corrected chi connectivity index (χ0v) is 46.7. The van der Waals surface area contributed by atoms with Gasteiger partial charge in [0.05, 0.1) is 0 Å². The molecule has 0 fully saturated rings. The minimum atomic E-state index is -2.80. The van der Waals surface area contributed by atoms with Crippen molar-refractivity contribution >= 4 is 148 Å². The topological polar surface area (TPSA) is 17.1 Å². The molecule has 8 rings (SSSR count). The van der Waals surface area contributed by atoms with Crippen LogP contribution in [0.2, 0.25) is 29.6 Å². The van der Waals surface area contributed by atoms with Gasteiger partial charge in [0.25, 0.3) is 0 Å². The first-order valence-electron chi connectivity index (χ1n) is 19.8. The van der Waals surface area contributed by atoms with Crippen LogP contribution in [0.15, 0.2) is 48.5 Å². The number of carbonyl (C=O) groups excluding carboxylic acids is 1. The summed E-state index contributed by atoms with van der Waals surface area (Å²) in [6.45, 7) is 6.57. The minimum absolute atomic E-state index is 0.112. The van der Waals surface area contributed by atoms with Crippen molar-refractivity contribution in [1.29, 1.82) is 0 Å². The van der Waals surface area contributed by atoms with Crippen LogP contribution in [0.1, 0.15) is 30.6 Å². The Hall–Kier alpha value is -4.57. The third kappa shape index (κ3) is 9.34. The van der Waals surface area contributed by atoms with Crippen molar-refractivity contribution in [2.24, 2.45) is 0 Å². The number of terminal acetylenes is 1. The molecule has 63 heavy (non-hydrogen) atoms. The summed E-state index contributed by atoms with van der Waals surface area (Å²) in [7, 11) is 0. The van der Waals surface area contributed by atoms with E-state index in [1.54, 1.807) is 11.3 Å². The van der Waals surface area contributed by atoms with Gasteiger partial charge in [-0.3, -0.25) is 0 Å². The Morgan fingerprint density at radius 2 is 0.889 bits per heavy atom. The standard InChI is InChI=1S/C48H18OS6.6CH3.2Sn/c1-5-6-7-8-9-10-11-12-13-14-15-16-17-18-19-33-25-41(51-29-33)43-45-44(42(46(43)49)40-24-30(2)28-50-40)47-34(26-38(54-47)36-22-20-31(3)52-36)35-27-39(55-48(35)45)37-23-21-32(4)53-37;;;;;;;;/h1,20-27H,2-4H3;6*1H3;;. The SMILES string of the molecule is C#CC#CC#CC#CC#CC#CC#CC#Cc1cc(C2=c3c(c4sc(-c5ccc(C)s5)cc4c4cc(-c5ccc(C)s5)sc34)=C(c3cc(C)[c]([Sn]([CH3])([CH3])[CH3])s3)C2=O)s[c]1[Sn]([CH3])([CH3])[CH3]. The molecule has 1 nitrogen and oxygen atoms in total. The van der Waals surface area contributed by atoms with Crippen LogP contribution in [0.25, 0.3) is 50.8 Å². The number of thiophene rings is 6. The third-order valence-electron chi connectivity index (χ3n) is 9.90. The number of hydrogen-bond acceptors (Lipinski definition) is 7. The molecule has 0 atom stereocenters. The first-order valence-corrected chi connectivity index (χ1v) is 44.7. The molecule has 6 aromatic heterocycles. The molecule has 0 unspecified atom stereocenters. The fourth-order valence-electron chi connectivity index (χ4n) is 7.45. The molecular formula is C54H36OS6Sn2. The van der Waals surface area contributed by atoms with Gasteiger partial charge in [0.15, 0.2) is 0 Å². The fraction of sp³-hybridized carbons (Fsp3) is 0.167. The molecule has 0 N–H and O–H groups in total. The van der Waals surface area contributed by atoms with Gasteiger partial charge < -0.3 is 0 Å². The molecule has 0 spiro atoms. The van der Waals surface area contributed by atoms with E-state index in [1.807, 2.05) is 56.7 Å². The van der Waals surface area contributed by atoms with E-state index in [-0.39, 0.29) is 5.78 Å². The van der Waals surface area contributed by atoms with Crippen molar-refractivity contribution in [3.8, 4) is 115 Å². The van der Waals surface area contributed by atoms with Crippen molar-refractivity contribution < 1.29 is 4.79 Å². The Kier molecular flexibility index (Phi) is 13.2. The van der Waals surface area contributed by atoms with Crippen LogP contribution in [-0.2, 0) is 4.79 Å². The van der Waals surface area contributed by atoms with Crippen LogP contribution in [0.3, 0.4) is 0 Å². The maximum absolute atomic E-state index is 15.7. The van der Waals surface area contributed by atoms with E-state index in [4.69, 9.17) is 6.42 Å². The summed E-state index contributed by atoms with van der Waals surface area (Å²) in [6.07, 6.45) is 5.07. The van der Waals surface area contributed by atoms with Gasteiger partial charge in [-0.05, 0) is 29.6 Å². The predicted octanol–water partition coefficient (Wildman–Crippen LogP) is 10.7. The average Bonchev–Trinajstić information content (AvgIpc) is 4.08. The van der Waals surface area contributed by atoms with Gasteiger partial charge in [0, 0.05) is 0 Å². The van der Waals surface area contributed by atoms with Gasteiger partial charge in [0.1, 0.15) is 0 Å². The zero-order valence-electron chi connectivity index (χ0n) is 36.1. The quantitative estimate of drug-likeness (QED) is 0.120. The van der Waals surface area contributed by atoms with Crippen molar-refractivity contribution in [1.82, 2.24) is 0 Å². The Morgan fingerprint density at radius 1 is 0.460 bits per heavy atom. The van der Waals surface area contributed by atoms with E-state index in [0.717, 1.165) is 36.9 Å².